The first-order valence-corrected chi connectivity index (χ1v) is 10.7. The Kier molecular flexibility index (Phi) is 4.03. The van der Waals surface area contributed by atoms with E-state index in [-0.39, 0.29) is 5.54 Å². The van der Waals surface area contributed by atoms with E-state index < -0.39 is 0 Å². The van der Waals surface area contributed by atoms with E-state index in [0.29, 0.717) is 12.5 Å². The summed E-state index contributed by atoms with van der Waals surface area (Å²) in [5.74, 6) is 0.630. The molecule has 4 aromatic rings. The molecular weight excluding hydrogens is 388 g/mol. The summed E-state index contributed by atoms with van der Waals surface area (Å²) < 4.78 is 7.07. The lowest BCUT2D eigenvalue weighted by molar-refractivity contribution is 0.279. The summed E-state index contributed by atoms with van der Waals surface area (Å²) in [6.45, 7) is 6.74. The second kappa shape index (κ2) is 6.46. The van der Waals surface area contributed by atoms with Crippen molar-refractivity contribution in [1.82, 2.24) is 15.0 Å². The lowest BCUT2D eigenvalue weighted by Crippen LogP contribution is -2.17. The fraction of sp³-hybridized carbons (Fsp3) is 0.238. The van der Waals surface area contributed by atoms with E-state index in [2.05, 4.69) is 36.3 Å². The number of aromatic nitrogens is 3. The first-order chi connectivity index (χ1) is 13.5. The van der Waals surface area contributed by atoms with Crippen LogP contribution in [-0.4, -0.2) is 33.0 Å². The van der Waals surface area contributed by atoms with Crippen molar-refractivity contribution < 1.29 is 4.74 Å². The summed E-state index contributed by atoms with van der Waals surface area (Å²) in [6.07, 6.45) is 3.61. The number of hydrogen-bond donors (Lipinski definition) is 0. The van der Waals surface area contributed by atoms with Gasteiger partial charge in [-0.15, -0.1) is 22.7 Å². The van der Waals surface area contributed by atoms with Crippen molar-refractivity contribution in [1.29, 1.82) is 0 Å². The van der Waals surface area contributed by atoms with E-state index >= 15 is 0 Å². The van der Waals surface area contributed by atoms with Gasteiger partial charge in [-0.2, -0.15) is 0 Å². The Morgan fingerprint density at radius 3 is 2.82 bits per heavy atom. The first kappa shape index (κ1) is 17.5. The van der Waals surface area contributed by atoms with Crippen LogP contribution in [-0.2, 0) is 4.74 Å². The normalized spacial score (nSPS) is 15.6. The van der Waals surface area contributed by atoms with Gasteiger partial charge in [0.2, 0.25) is 5.90 Å². The van der Waals surface area contributed by atoms with Crippen LogP contribution in [0.4, 0.5) is 0 Å². The summed E-state index contributed by atoms with van der Waals surface area (Å²) in [4.78, 5) is 19.7. The minimum absolute atomic E-state index is 0.219. The predicted molar refractivity (Wildman–Crippen MR) is 115 cm³/mol. The molecule has 4 aromatic heterocycles. The molecule has 0 atom stereocenters. The third-order valence-corrected chi connectivity index (χ3v) is 6.65. The summed E-state index contributed by atoms with van der Waals surface area (Å²) in [5.41, 5.74) is 3.49. The lowest BCUT2D eigenvalue weighted by Gasteiger charge is -2.07. The summed E-state index contributed by atoms with van der Waals surface area (Å²) in [7, 11) is 0. The molecule has 1 aliphatic rings. The zero-order chi connectivity index (χ0) is 19.3. The Labute approximate surface area is 170 Å². The molecule has 0 saturated heterocycles. The summed E-state index contributed by atoms with van der Waals surface area (Å²) >= 11 is 3.34. The molecule has 5 rings (SSSR count). The largest absolute Gasteiger partial charge is 0.474 e. The van der Waals surface area contributed by atoms with Crippen molar-refractivity contribution in [2.45, 2.75) is 26.3 Å². The van der Waals surface area contributed by atoms with Crippen LogP contribution in [0.15, 0.2) is 47.0 Å². The molecule has 28 heavy (non-hydrogen) atoms. The SMILES string of the molecule is Cc1nc(-c2cccnc2)sc1-c1cc2sccc2c(C2=NC(C)(C)CO2)n1. The molecule has 0 aromatic carbocycles. The molecule has 0 amide bonds. The van der Waals surface area contributed by atoms with Gasteiger partial charge in [0, 0.05) is 28.0 Å². The van der Waals surface area contributed by atoms with Gasteiger partial charge in [-0.05, 0) is 50.4 Å². The Morgan fingerprint density at radius 2 is 2.07 bits per heavy atom. The molecule has 5 heterocycles. The van der Waals surface area contributed by atoms with Crippen molar-refractivity contribution in [2.75, 3.05) is 6.61 Å². The van der Waals surface area contributed by atoms with Gasteiger partial charge >= 0.3 is 0 Å². The molecular formula is C21H18N4OS2. The minimum atomic E-state index is -0.219. The number of thiazole rings is 1. The van der Waals surface area contributed by atoms with Crippen molar-refractivity contribution in [3.8, 4) is 21.1 Å². The van der Waals surface area contributed by atoms with Crippen LogP contribution < -0.4 is 0 Å². The third kappa shape index (κ3) is 3.00. The predicted octanol–water partition coefficient (Wildman–Crippen LogP) is 5.35. The number of aliphatic imine (C=N–C) groups is 1. The van der Waals surface area contributed by atoms with Gasteiger partial charge in [0.05, 0.1) is 21.8 Å². The molecule has 1 aliphatic heterocycles. The van der Waals surface area contributed by atoms with E-state index in [1.807, 2.05) is 25.3 Å². The lowest BCUT2D eigenvalue weighted by atomic mass is 10.1. The van der Waals surface area contributed by atoms with Crippen LogP contribution in [0.1, 0.15) is 25.2 Å². The van der Waals surface area contributed by atoms with Gasteiger partial charge in [0.15, 0.2) is 0 Å². The van der Waals surface area contributed by atoms with Crippen molar-refractivity contribution in [3.63, 3.8) is 0 Å². The van der Waals surface area contributed by atoms with E-state index in [0.717, 1.165) is 37.9 Å². The van der Waals surface area contributed by atoms with Gasteiger partial charge in [-0.25, -0.2) is 15.0 Å². The molecule has 0 spiro atoms. The average Bonchev–Trinajstić information content (AvgIpc) is 3.39. The molecule has 0 N–H and O–H groups in total. The number of ether oxygens (including phenoxy) is 1. The smallest absolute Gasteiger partial charge is 0.236 e. The molecule has 0 bridgehead atoms. The van der Waals surface area contributed by atoms with E-state index in [1.54, 1.807) is 28.9 Å². The van der Waals surface area contributed by atoms with E-state index in [9.17, 15) is 0 Å². The second-order valence-corrected chi connectivity index (χ2v) is 9.33. The number of rotatable bonds is 3. The number of thiophene rings is 1. The molecule has 0 unspecified atom stereocenters. The number of hydrogen-bond acceptors (Lipinski definition) is 7. The van der Waals surface area contributed by atoms with Gasteiger partial charge < -0.3 is 4.74 Å². The van der Waals surface area contributed by atoms with Crippen LogP contribution in [0.5, 0.6) is 0 Å². The van der Waals surface area contributed by atoms with Crippen LogP contribution in [0, 0.1) is 6.92 Å². The number of nitrogens with zero attached hydrogens (tertiary/aromatic N) is 4. The Bertz CT molecular complexity index is 1210. The van der Waals surface area contributed by atoms with Crippen LogP contribution in [0.25, 0.3) is 31.2 Å². The number of fused-ring (bicyclic) bond motifs is 1. The molecule has 7 heteroatoms. The highest BCUT2D eigenvalue weighted by Crippen LogP contribution is 2.37. The van der Waals surface area contributed by atoms with Gasteiger partial charge in [-0.3, -0.25) is 4.98 Å². The maximum absolute atomic E-state index is 5.90. The number of pyridine rings is 2. The number of aryl methyl sites for hydroxylation is 1. The fourth-order valence-corrected chi connectivity index (χ4v) is 5.04. The quantitative estimate of drug-likeness (QED) is 0.460. The highest BCUT2D eigenvalue weighted by Gasteiger charge is 2.29. The summed E-state index contributed by atoms with van der Waals surface area (Å²) in [6, 6.07) is 8.18. The zero-order valence-corrected chi connectivity index (χ0v) is 17.4. The Hall–Kier alpha value is -2.64. The molecule has 0 radical (unpaired) electrons. The van der Waals surface area contributed by atoms with Gasteiger partial charge in [0.25, 0.3) is 0 Å². The highest BCUT2D eigenvalue weighted by atomic mass is 32.1. The average molecular weight is 407 g/mol. The first-order valence-electron chi connectivity index (χ1n) is 9.00. The molecule has 5 nitrogen and oxygen atoms in total. The summed E-state index contributed by atoms with van der Waals surface area (Å²) in [5, 5.41) is 4.12. The van der Waals surface area contributed by atoms with Crippen molar-refractivity contribution >= 4 is 38.7 Å². The third-order valence-electron chi connectivity index (χ3n) is 4.56. The van der Waals surface area contributed by atoms with E-state index in [4.69, 9.17) is 19.7 Å². The van der Waals surface area contributed by atoms with Crippen LogP contribution in [0.3, 0.4) is 0 Å². The Balaban J connectivity index is 1.66. The molecule has 140 valence electrons. The standard InChI is InChI=1S/C21H18N4OS2/c1-12-18(28-20(23-12)13-5-4-7-22-10-13)15-9-16-14(6-8-27-16)17(24-15)19-25-21(2,3)11-26-19/h4-10H,11H2,1-3H3. The van der Waals surface area contributed by atoms with Gasteiger partial charge in [-0.1, -0.05) is 0 Å². The van der Waals surface area contributed by atoms with Crippen molar-refractivity contribution in [2.24, 2.45) is 4.99 Å². The van der Waals surface area contributed by atoms with Crippen molar-refractivity contribution in [3.05, 3.63) is 53.4 Å². The van der Waals surface area contributed by atoms with Gasteiger partial charge in [0.1, 0.15) is 17.3 Å². The molecule has 0 saturated carbocycles. The monoisotopic (exact) mass is 406 g/mol. The highest BCUT2D eigenvalue weighted by molar-refractivity contribution is 7.19. The van der Waals surface area contributed by atoms with Crippen LogP contribution in [0.2, 0.25) is 0 Å². The topological polar surface area (TPSA) is 60.3 Å². The molecule has 0 fully saturated rings. The second-order valence-electron chi connectivity index (χ2n) is 7.38. The Morgan fingerprint density at radius 1 is 1.18 bits per heavy atom. The zero-order valence-electron chi connectivity index (χ0n) is 15.8. The van der Waals surface area contributed by atoms with E-state index in [1.165, 1.54) is 4.70 Å². The molecule has 0 aliphatic carbocycles. The van der Waals surface area contributed by atoms with Crippen LogP contribution >= 0.6 is 22.7 Å². The fourth-order valence-electron chi connectivity index (χ4n) is 3.20. The maximum Gasteiger partial charge on any atom is 0.236 e. The maximum atomic E-state index is 5.90. The minimum Gasteiger partial charge on any atom is -0.474 e.